The fourth-order valence-corrected chi connectivity index (χ4v) is 2.99. The topological polar surface area (TPSA) is 46.3 Å². The van der Waals surface area contributed by atoms with Crippen LogP contribution in [-0.2, 0) is 24.2 Å². The SMILES string of the molecule is CN(C(=O)C1Cc2ccccc2C1)c1ccc(CN)cc1. The number of rotatable bonds is 3. The van der Waals surface area contributed by atoms with Crippen molar-refractivity contribution < 1.29 is 4.79 Å². The first kappa shape index (κ1) is 13.8. The molecule has 21 heavy (non-hydrogen) atoms. The molecule has 0 heterocycles. The van der Waals surface area contributed by atoms with E-state index in [1.54, 1.807) is 4.90 Å². The van der Waals surface area contributed by atoms with Crippen LogP contribution in [0.1, 0.15) is 16.7 Å². The molecule has 3 heteroatoms. The second kappa shape index (κ2) is 5.70. The van der Waals surface area contributed by atoms with Gasteiger partial charge in [0.25, 0.3) is 0 Å². The van der Waals surface area contributed by atoms with Gasteiger partial charge in [-0.05, 0) is 41.7 Å². The molecule has 2 N–H and O–H groups in total. The molecule has 1 aliphatic rings. The van der Waals surface area contributed by atoms with Crippen molar-refractivity contribution in [1.82, 2.24) is 0 Å². The number of carbonyl (C=O) groups is 1. The van der Waals surface area contributed by atoms with Crippen LogP contribution in [0.25, 0.3) is 0 Å². The molecule has 1 amide bonds. The molecule has 1 aliphatic carbocycles. The molecule has 0 fully saturated rings. The third-order valence-corrected chi connectivity index (χ3v) is 4.29. The lowest BCUT2D eigenvalue weighted by molar-refractivity contribution is -0.121. The van der Waals surface area contributed by atoms with Crippen LogP contribution in [0, 0.1) is 5.92 Å². The number of hydrogen-bond donors (Lipinski definition) is 1. The van der Waals surface area contributed by atoms with Crippen molar-refractivity contribution in [3.05, 3.63) is 65.2 Å². The van der Waals surface area contributed by atoms with E-state index in [1.807, 2.05) is 43.4 Å². The molecule has 0 atom stereocenters. The average Bonchev–Trinajstić information content (AvgIpc) is 2.97. The van der Waals surface area contributed by atoms with Gasteiger partial charge in [0, 0.05) is 25.2 Å². The van der Waals surface area contributed by atoms with E-state index in [0.717, 1.165) is 24.1 Å². The Bertz CT molecular complexity index is 624. The Morgan fingerprint density at radius 2 is 1.67 bits per heavy atom. The zero-order valence-corrected chi connectivity index (χ0v) is 12.3. The summed E-state index contributed by atoms with van der Waals surface area (Å²) in [6.45, 7) is 0.524. The van der Waals surface area contributed by atoms with Gasteiger partial charge in [0.2, 0.25) is 5.91 Å². The highest BCUT2D eigenvalue weighted by Crippen LogP contribution is 2.28. The molecule has 0 bridgehead atoms. The maximum absolute atomic E-state index is 12.7. The summed E-state index contributed by atoms with van der Waals surface area (Å²) in [6, 6.07) is 16.2. The Morgan fingerprint density at radius 1 is 1.10 bits per heavy atom. The van der Waals surface area contributed by atoms with E-state index < -0.39 is 0 Å². The number of nitrogens with zero attached hydrogens (tertiary/aromatic N) is 1. The smallest absolute Gasteiger partial charge is 0.230 e. The summed E-state index contributed by atoms with van der Waals surface area (Å²) < 4.78 is 0. The maximum Gasteiger partial charge on any atom is 0.230 e. The summed E-state index contributed by atoms with van der Waals surface area (Å²) in [5.74, 6) is 0.244. The molecule has 3 rings (SSSR count). The third-order valence-electron chi connectivity index (χ3n) is 4.29. The van der Waals surface area contributed by atoms with Gasteiger partial charge in [0.05, 0.1) is 0 Å². The van der Waals surface area contributed by atoms with Crippen LogP contribution in [0.2, 0.25) is 0 Å². The van der Waals surface area contributed by atoms with Gasteiger partial charge in [-0.25, -0.2) is 0 Å². The lowest BCUT2D eigenvalue weighted by Crippen LogP contribution is -2.33. The minimum atomic E-state index is 0.0570. The maximum atomic E-state index is 12.7. The number of anilines is 1. The molecule has 0 aliphatic heterocycles. The van der Waals surface area contributed by atoms with Crippen LogP contribution < -0.4 is 10.6 Å². The van der Waals surface area contributed by atoms with Crippen LogP contribution in [0.15, 0.2) is 48.5 Å². The lowest BCUT2D eigenvalue weighted by Gasteiger charge is -2.21. The predicted molar refractivity (Wildman–Crippen MR) is 85.1 cm³/mol. The highest BCUT2D eigenvalue weighted by molar-refractivity contribution is 5.95. The Labute approximate surface area is 125 Å². The van der Waals surface area contributed by atoms with Gasteiger partial charge >= 0.3 is 0 Å². The number of benzene rings is 2. The molecule has 0 spiro atoms. The number of fused-ring (bicyclic) bond motifs is 1. The van der Waals surface area contributed by atoms with E-state index in [2.05, 4.69) is 12.1 Å². The molecular weight excluding hydrogens is 260 g/mol. The molecule has 0 saturated carbocycles. The van der Waals surface area contributed by atoms with Crippen LogP contribution in [0.5, 0.6) is 0 Å². The number of nitrogens with two attached hydrogens (primary N) is 1. The van der Waals surface area contributed by atoms with Gasteiger partial charge in [-0.15, -0.1) is 0 Å². The molecule has 0 radical (unpaired) electrons. The minimum absolute atomic E-state index is 0.0570. The van der Waals surface area contributed by atoms with Gasteiger partial charge < -0.3 is 10.6 Å². The fourth-order valence-electron chi connectivity index (χ4n) is 2.99. The van der Waals surface area contributed by atoms with E-state index in [1.165, 1.54) is 11.1 Å². The average molecular weight is 280 g/mol. The van der Waals surface area contributed by atoms with Crippen LogP contribution in [0.4, 0.5) is 5.69 Å². The fraction of sp³-hybridized carbons (Fsp3) is 0.278. The van der Waals surface area contributed by atoms with E-state index in [0.29, 0.717) is 6.54 Å². The molecular formula is C18H20N2O. The Balaban J connectivity index is 1.73. The van der Waals surface area contributed by atoms with Crippen LogP contribution in [0.3, 0.4) is 0 Å². The van der Waals surface area contributed by atoms with E-state index in [4.69, 9.17) is 5.73 Å². The highest BCUT2D eigenvalue weighted by atomic mass is 16.2. The van der Waals surface area contributed by atoms with Gasteiger partial charge in [0.15, 0.2) is 0 Å². The first-order valence-electron chi connectivity index (χ1n) is 7.32. The first-order chi connectivity index (χ1) is 10.2. The van der Waals surface area contributed by atoms with E-state index >= 15 is 0 Å². The molecule has 3 nitrogen and oxygen atoms in total. The monoisotopic (exact) mass is 280 g/mol. The van der Waals surface area contributed by atoms with Crippen molar-refractivity contribution in [2.75, 3.05) is 11.9 Å². The minimum Gasteiger partial charge on any atom is -0.326 e. The molecule has 0 unspecified atom stereocenters. The standard InChI is InChI=1S/C18H20N2O/c1-20(17-8-6-13(12-19)7-9-17)18(21)16-10-14-4-2-3-5-15(14)11-16/h2-9,16H,10-12,19H2,1H3. The van der Waals surface area contributed by atoms with Gasteiger partial charge in [-0.2, -0.15) is 0 Å². The number of amides is 1. The van der Waals surface area contributed by atoms with Crippen molar-refractivity contribution in [2.24, 2.45) is 11.7 Å². The van der Waals surface area contributed by atoms with Crippen LogP contribution in [-0.4, -0.2) is 13.0 Å². The van der Waals surface area contributed by atoms with Crippen LogP contribution >= 0.6 is 0 Å². The van der Waals surface area contributed by atoms with Crippen molar-refractivity contribution in [1.29, 1.82) is 0 Å². The normalized spacial score (nSPS) is 14.0. The highest BCUT2D eigenvalue weighted by Gasteiger charge is 2.29. The predicted octanol–water partition coefficient (Wildman–Crippen LogP) is 2.52. The van der Waals surface area contributed by atoms with Crippen molar-refractivity contribution in [3.63, 3.8) is 0 Å². The summed E-state index contributed by atoms with van der Waals surface area (Å²) in [7, 11) is 1.85. The Kier molecular flexibility index (Phi) is 3.76. The zero-order valence-electron chi connectivity index (χ0n) is 12.3. The van der Waals surface area contributed by atoms with Gasteiger partial charge in [-0.1, -0.05) is 36.4 Å². The van der Waals surface area contributed by atoms with Gasteiger partial charge in [-0.3, -0.25) is 4.79 Å². The second-order valence-electron chi connectivity index (χ2n) is 5.64. The van der Waals surface area contributed by atoms with Crippen molar-refractivity contribution in [2.45, 2.75) is 19.4 Å². The molecule has 0 aromatic heterocycles. The van der Waals surface area contributed by atoms with E-state index in [-0.39, 0.29) is 11.8 Å². The number of hydrogen-bond acceptors (Lipinski definition) is 2. The largest absolute Gasteiger partial charge is 0.326 e. The quantitative estimate of drug-likeness (QED) is 0.939. The first-order valence-corrected chi connectivity index (χ1v) is 7.32. The molecule has 108 valence electrons. The van der Waals surface area contributed by atoms with Crippen molar-refractivity contribution >= 4 is 11.6 Å². The summed E-state index contributed by atoms with van der Waals surface area (Å²) >= 11 is 0. The Morgan fingerprint density at radius 3 is 2.19 bits per heavy atom. The van der Waals surface area contributed by atoms with E-state index in [9.17, 15) is 4.79 Å². The third kappa shape index (κ3) is 2.69. The van der Waals surface area contributed by atoms with Crippen molar-refractivity contribution in [3.8, 4) is 0 Å². The Hall–Kier alpha value is -2.13. The second-order valence-corrected chi connectivity index (χ2v) is 5.64. The number of carbonyl (C=O) groups excluding carboxylic acids is 1. The summed E-state index contributed by atoms with van der Waals surface area (Å²) in [4.78, 5) is 14.4. The van der Waals surface area contributed by atoms with Gasteiger partial charge in [0.1, 0.15) is 0 Å². The summed E-state index contributed by atoms with van der Waals surface area (Å²) in [5, 5.41) is 0. The summed E-state index contributed by atoms with van der Waals surface area (Å²) in [6.07, 6.45) is 1.69. The molecule has 2 aromatic rings. The zero-order chi connectivity index (χ0) is 14.8. The lowest BCUT2D eigenvalue weighted by atomic mass is 10.0. The summed E-state index contributed by atoms with van der Waals surface area (Å²) in [5.41, 5.74) is 10.2. The molecule has 0 saturated heterocycles. The molecule has 2 aromatic carbocycles.